The molecule has 1 fully saturated rings. The Morgan fingerprint density at radius 2 is 2.22 bits per heavy atom. The zero-order valence-electron chi connectivity index (χ0n) is 5.67. The van der Waals surface area contributed by atoms with E-state index in [4.69, 9.17) is 5.73 Å². The van der Waals surface area contributed by atoms with Crippen LogP contribution >= 0.6 is 0 Å². The van der Waals surface area contributed by atoms with Crippen molar-refractivity contribution in [2.24, 2.45) is 11.7 Å². The standard InChI is InChI=1S/C6H14N2O/c1-4-2-8-3-5(7)6(4)9/h4-6,8-9H,2-3,7H2,1H3/t4-,5-,6+/m0/s1. The van der Waals surface area contributed by atoms with E-state index in [2.05, 4.69) is 5.32 Å². The maximum absolute atomic E-state index is 9.28. The molecular weight excluding hydrogens is 116 g/mol. The van der Waals surface area contributed by atoms with Crippen LogP contribution in [0.25, 0.3) is 0 Å². The molecule has 4 N–H and O–H groups in total. The lowest BCUT2D eigenvalue weighted by Gasteiger charge is -2.30. The average Bonchev–Trinajstić information content (AvgIpc) is 1.83. The van der Waals surface area contributed by atoms with Crippen LogP contribution in [0, 0.1) is 5.92 Å². The van der Waals surface area contributed by atoms with E-state index in [-0.39, 0.29) is 12.1 Å². The Balaban J connectivity index is 2.41. The summed E-state index contributed by atoms with van der Waals surface area (Å²) in [6.45, 7) is 3.62. The Morgan fingerprint density at radius 3 is 2.67 bits per heavy atom. The second-order valence-electron chi connectivity index (χ2n) is 2.79. The number of piperidine rings is 1. The van der Waals surface area contributed by atoms with E-state index < -0.39 is 0 Å². The molecule has 1 heterocycles. The Labute approximate surface area is 55.2 Å². The smallest absolute Gasteiger partial charge is 0.0741 e. The van der Waals surface area contributed by atoms with E-state index in [0.717, 1.165) is 13.1 Å². The summed E-state index contributed by atoms with van der Waals surface area (Å²) in [4.78, 5) is 0. The molecule has 1 aliphatic heterocycles. The van der Waals surface area contributed by atoms with E-state index in [1.165, 1.54) is 0 Å². The minimum atomic E-state index is -0.314. The summed E-state index contributed by atoms with van der Waals surface area (Å²) in [5.41, 5.74) is 5.56. The molecule has 3 atom stereocenters. The summed E-state index contributed by atoms with van der Waals surface area (Å²) in [6.07, 6.45) is -0.314. The summed E-state index contributed by atoms with van der Waals surface area (Å²) < 4.78 is 0. The Hall–Kier alpha value is -0.120. The maximum Gasteiger partial charge on any atom is 0.0741 e. The molecule has 1 saturated heterocycles. The quantitative estimate of drug-likeness (QED) is 0.390. The van der Waals surface area contributed by atoms with E-state index in [9.17, 15) is 5.11 Å². The molecule has 1 rings (SSSR count). The van der Waals surface area contributed by atoms with Gasteiger partial charge in [0, 0.05) is 19.1 Å². The molecule has 54 valence electrons. The predicted molar refractivity (Wildman–Crippen MR) is 36.0 cm³/mol. The van der Waals surface area contributed by atoms with Gasteiger partial charge in [0.2, 0.25) is 0 Å². The molecule has 0 aliphatic carbocycles. The number of rotatable bonds is 0. The van der Waals surface area contributed by atoms with Gasteiger partial charge in [0.05, 0.1) is 6.10 Å². The van der Waals surface area contributed by atoms with Gasteiger partial charge in [-0.2, -0.15) is 0 Å². The van der Waals surface area contributed by atoms with Crippen molar-refractivity contribution in [2.45, 2.75) is 19.1 Å². The van der Waals surface area contributed by atoms with Crippen LogP contribution in [0.4, 0.5) is 0 Å². The van der Waals surface area contributed by atoms with Crippen molar-refractivity contribution in [1.82, 2.24) is 5.32 Å². The summed E-state index contributed by atoms with van der Waals surface area (Å²) in [5.74, 6) is 0.300. The number of hydrogen-bond donors (Lipinski definition) is 3. The summed E-state index contributed by atoms with van der Waals surface area (Å²) >= 11 is 0. The third-order valence-corrected chi connectivity index (χ3v) is 1.87. The monoisotopic (exact) mass is 130 g/mol. The third kappa shape index (κ3) is 1.41. The van der Waals surface area contributed by atoms with Crippen LogP contribution in [-0.4, -0.2) is 30.3 Å². The zero-order chi connectivity index (χ0) is 6.85. The Bertz CT molecular complexity index is 87.1. The molecule has 0 saturated carbocycles. The lowest BCUT2D eigenvalue weighted by atomic mass is 9.95. The van der Waals surface area contributed by atoms with Crippen LogP contribution < -0.4 is 11.1 Å². The van der Waals surface area contributed by atoms with E-state index >= 15 is 0 Å². The summed E-state index contributed by atoms with van der Waals surface area (Å²) in [5, 5.41) is 12.4. The molecule has 1 aliphatic rings. The fraction of sp³-hybridized carbons (Fsp3) is 1.00. The lowest BCUT2D eigenvalue weighted by Crippen LogP contribution is -2.53. The number of aliphatic hydroxyl groups is 1. The molecule has 0 aromatic rings. The molecule has 0 aromatic carbocycles. The Morgan fingerprint density at radius 1 is 1.56 bits per heavy atom. The predicted octanol–water partition coefficient (Wildman–Crippen LogP) is -1.09. The van der Waals surface area contributed by atoms with Gasteiger partial charge in [0.1, 0.15) is 0 Å². The van der Waals surface area contributed by atoms with Gasteiger partial charge in [-0.1, -0.05) is 6.92 Å². The van der Waals surface area contributed by atoms with E-state index in [1.807, 2.05) is 6.92 Å². The first-order valence-corrected chi connectivity index (χ1v) is 3.36. The van der Waals surface area contributed by atoms with Crippen molar-refractivity contribution in [3.8, 4) is 0 Å². The van der Waals surface area contributed by atoms with Gasteiger partial charge in [0.25, 0.3) is 0 Å². The van der Waals surface area contributed by atoms with Crippen molar-refractivity contribution < 1.29 is 5.11 Å². The SMILES string of the molecule is C[C@H]1CNC[C@H](N)[C@@H]1O. The first-order valence-electron chi connectivity index (χ1n) is 3.36. The van der Waals surface area contributed by atoms with Crippen LogP contribution in [0.15, 0.2) is 0 Å². The molecule has 9 heavy (non-hydrogen) atoms. The number of hydrogen-bond acceptors (Lipinski definition) is 3. The van der Waals surface area contributed by atoms with Gasteiger partial charge in [-0.25, -0.2) is 0 Å². The summed E-state index contributed by atoms with van der Waals surface area (Å²) in [6, 6.07) is -0.0752. The van der Waals surface area contributed by atoms with Crippen molar-refractivity contribution >= 4 is 0 Å². The molecular formula is C6H14N2O. The first-order chi connectivity index (χ1) is 4.22. The topological polar surface area (TPSA) is 58.3 Å². The number of nitrogens with one attached hydrogen (secondary N) is 1. The second kappa shape index (κ2) is 2.64. The van der Waals surface area contributed by atoms with Gasteiger partial charge in [-0.05, 0) is 5.92 Å². The highest BCUT2D eigenvalue weighted by Crippen LogP contribution is 2.08. The maximum atomic E-state index is 9.28. The van der Waals surface area contributed by atoms with Gasteiger partial charge < -0.3 is 16.2 Å². The Kier molecular flexibility index (Phi) is 2.05. The highest BCUT2D eigenvalue weighted by atomic mass is 16.3. The largest absolute Gasteiger partial charge is 0.391 e. The normalized spacial score (nSPS) is 45.0. The molecule has 3 nitrogen and oxygen atoms in total. The minimum absolute atomic E-state index is 0.0752. The van der Waals surface area contributed by atoms with Crippen LogP contribution in [0.1, 0.15) is 6.92 Å². The van der Waals surface area contributed by atoms with Crippen LogP contribution in [0.5, 0.6) is 0 Å². The lowest BCUT2D eigenvalue weighted by molar-refractivity contribution is 0.0694. The molecule has 0 spiro atoms. The fourth-order valence-corrected chi connectivity index (χ4v) is 1.14. The van der Waals surface area contributed by atoms with Crippen LogP contribution in [0.3, 0.4) is 0 Å². The van der Waals surface area contributed by atoms with E-state index in [0.29, 0.717) is 5.92 Å². The molecule has 0 unspecified atom stereocenters. The number of nitrogens with two attached hydrogens (primary N) is 1. The average molecular weight is 130 g/mol. The zero-order valence-corrected chi connectivity index (χ0v) is 5.67. The van der Waals surface area contributed by atoms with Gasteiger partial charge in [0.15, 0.2) is 0 Å². The van der Waals surface area contributed by atoms with Crippen molar-refractivity contribution in [3.05, 3.63) is 0 Å². The van der Waals surface area contributed by atoms with Gasteiger partial charge in [-0.3, -0.25) is 0 Å². The highest BCUT2D eigenvalue weighted by Gasteiger charge is 2.25. The van der Waals surface area contributed by atoms with E-state index in [1.54, 1.807) is 0 Å². The molecule has 0 amide bonds. The van der Waals surface area contributed by atoms with Crippen LogP contribution in [-0.2, 0) is 0 Å². The van der Waals surface area contributed by atoms with Crippen molar-refractivity contribution in [2.75, 3.05) is 13.1 Å². The highest BCUT2D eigenvalue weighted by molar-refractivity contribution is 4.84. The molecule has 0 radical (unpaired) electrons. The van der Waals surface area contributed by atoms with Gasteiger partial charge in [-0.15, -0.1) is 0 Å². The van der Waals surface area contributed by atoms with Gasteiger partial charge >= 0.3 is 0 Å². The third-order valence-electron chi connectivity index (χ3n) is 1.87. The molecule has 0 bridgehead atoms. The molecule has 3 heteroatoms. The summed E-state index contributed by atoms with van der Waals surface area (Å²) in [7, 11) is 0. The van der Waals surface area contributed by atoms with Crippen molar-refractivity contribution in [3.63, 3.8) is 0 Å². The van der Waals surface area contributed by atoms with Crippen LogP contribution in [0.2, 0.25) is 0 Å². The molecule has 0 aromatic heterocycles. The second-order valence-corrected chi connectivity index (χ2v) is 2.79. The minimum Gasteiger partial charge on any atom is -0.391 e. The number of aliphatic hydroxyl groups excluding tert-OH is 1. The van der Waals surface area contributed by atoms with Crippen molar-refractivity contribution in [1.29, 1.82) is 0 Å². The first kappa shape index (κ1) is 6.99. The fourth-order valence-electron chi connectivity index (χ4n) is 1.14.